The average molecular weight is 334 g/mol. The molecule has 6 heteroatoms. The molecule has 128 valence electrons. The number of anilines is 1. The Balaban J connectivity index is 1.47. The van der Waals surface area contributed by atoms with Gasteiger partial charge in [-0.15, -0.1) is 0 Å². The van der Waals surface area contributed by atoms with Gasteiger partial charge in [-0.3, -0.25) is 9.58 Å². The Labute approximate surface area is 147 Å². The summed E-state index contributed by atoms with van der Waals surface area (Å²) in [6.07, 6.45) is 5.41. The minimum Gasteiger partial charge on any atom is -0.354 e. The molecule has 0 saturated heterocycles. The molecule has 0 spiro atoms. The van der Waals surface area contributed by atoms with Gasteiger partial charge < -0.3 is 5.32 Å². The Morgan fingerprint density at radius 3 is 2.64 bits per heavy atom. The standard InChI is InChI=1S/C19H22N6/c1-2-5-16(6-3-1)12-24-13-17(11-22-19-20-8-4-9-21-19)14-25-18(15-24)7-10-23-25/h1-10,17H,11-15H2,(H,20,21,22)/t17-/m0/s1. The Hall–Kier alpha value is -2.73. The first-order valence-electron chi connectivity index (χ1n) is 8.65. The smallest absolute Gasteiger partial charge is 0.222 e. The third kappa shape index (κ3) is 4.03. The van der Waals surface area contributed by atoms with Gasteiger partial charge in [-0.2, -0.15) is 5.10 Å². The molecule has 0 radical (unpaired) electrons. The lowest BCUT2D eigenvalue weighted by Gasteiger charge is -2.24. The minimum absolute atomic E-state index is 0.439. The number of hydrogen-bond donors (Lipinski definition) is 1. The second-order valence-electron chi connectivity index (χ2n) is 6.48. The van der Waals surface area contributed by atoms with Crippen LogP contribution in [0.25, 0.3) is 0 Å². The van der Waals surface area contributed by atoms with E-state index < -0.39 is 0 Å². The first-order valence-corrected chi connectivity index (χ1v) is 8.65. The molecule has 0 saturated carbocycles. The van der Waals surface area contributed by atoms with Crippen LogP contribution in [0.15, 0.2) is 61.1 Å². The third-order valence-electron chi connectivity index (χ3n) is 4.50. The van der Waals surface area contributed by atoms with Gasteiger partial charge in [-0.05, 0) is 17.7 Å². The molecule has 4 rings (SSSR count). The van der Waals surface area contributed by atoms with E-state index in [0.717, 1.165) is 32.7 Å². The molecular weight excluding hydrogens is 312 g/mol. The third-order valence-corrected chi connectivity index (χ3v) is 4.50. The first kappa shape index (κ1) is 15.8. The van der Waals surface area contributed by atoms with Crippen molar-refractivity contribution < 1.29 is 0 Å². The molecule has 3 heterocycles. The van der Waals surface area contributed by atoms with Crippen LogP contribution in [0.1, 0.15) is 11.3 Å². The highest BCUT2D eigenvalue weighted by Crippen LogP contribution is 2.18. The molecule has 1 N–H and O–H groups in total. The van der Waals surface area contributed by atoms with Gasteiger partial charge in [0.2, 0.25) is 5.95 Å². The van der Waals surface area contributed by atoms with Gasteiger partial charge in [-0.25, -0.2) is 9.97 Å². The number of nitrogens with one attached hydrogen (secondary N) is 1. The second kappa shape index (κ2) is 7.44. The molecule has 25 heavy (non-hydrogen) atoms. The van der Waals surface area contributed by atoms with Crippen molar-refractivity contribution in [2.45, 2.75) is 19.6 Å². The van der Waals surface area contributed by atoms with Crippen molar-refractivity contribution in [2.24, 2.45) is 5.92 Å². The molecule has 6 nitrogen and oxygen atoms in total. The van der Waals surface area contributed by atoms with Crippen LogP contribution in [-0.4, -0.2) is 37.7 Å². The van der Waals surface area contributed by atoms with Gasteiger partial charge in [0.15, 0.2) is 0 Å². The van der Waals surface area contributed by atoms with Crippen LogP contribution < -0.4 is 5.32 Å². The Kier molecular flexibility index (Phi) is 4.70. The summed E-state index contributed by atoms with van der Waals surface area (Å²) in [5.41, 5.74) is 2.61. The average Bonchev–Trinajstić information content (AvgIpc) is 3.01. The fraction of sp³-hybridized carbons (Fsp3) is 0.316. The molecule has 0 aliphatic carbocycles. The highest BCUT2D eigenvalue weighted by Gasteiger charge is 2.22. The van der Waals surface area contributed by atoms with Gasteiger partial charge in [0.1, 0.15) is 0 Å². The van der Waals surface area contributed by atoms with Crippen LogP contribution in [0.2, 0.25) is 0 Å². The predicted octanol–water partition coefficient (Wildman–Crippen LogP) is 2.42. The van der Waals surface area contributed by atoms with Crippen LogP contribution >= 0.6 is 0 Å². The molecule has 2 aromatic heterocycles. The van der Waals surface area contributed by atoms with Crippen LogP contribution in [-0.2, 0) is 19.6 Å². The molecule has 0 amide bonds. The Bertz CT molecular complexity index is 786. The van der Waals surface area contributed by atoms with Gasteiger partial charge >= 0.3 is 0 Å². The number of benzene rings is 1. The maximum absolute atomic E-state index is 4.49. The first-order chi connectivity index (χ1) is 12.4. The highest BCUT2D eigenvalue weighted by atomic mass is 15.3. The van der Waals surface area contributed by atoms with E-state index in [9.17, 15) is 0 Å². The zero-order valence-corrected chi connectivity index (χ0v) is 14.1. The SMILES string of the molecule is c1ccc(CN2Cc3ccnn3C[C@@H](CNc3ncccn3)C2)cc1. The monoisotopic (exact) mass is 334 g/mol. The van der Waals surface area contributed by atoms with E-state index in [1.165, 1.54) is 11.3 Å². The molecule has 1 aliphatic heterocycles. The van der Waals surface area contributed by atoms with Crippen molar-refractivity contribution in [3.8, 4) is 0 Å². The summed E-state index contributed by atoms with van der Waals surface area (Å²) in [5, 5.41) is 7.85. The fourth-order valence-electron chi connectivity index (χ4n) is 3.34. The zero-order chi connectivity index (χ0) is 16.9. The van der Waals surface area contributed by atoms with E-state index in [4.69, 9.17) is 0 Å². The number of rotatable bonds is 5. The van der Waals surface area contributed by atoms with E-state index in [1.807, 2.05) is 12.3 Å². The van der Waals surface area contributed by atoms with Crippen LogP contribution in [0.5, 0.6) is 0 Å². The molecular formula is C19H22N6. The highest BCUT2D eigenvalue weighted by molar-refractivity contribution is 5.22. The van der Waals surface area contributed by atoms with E-state index in [0.29, 0.717) is 11.9 Å². The molecule has 3 aromatic rings. The van der Waals surface area contributed by atoms with Crippen LogP contribution in [0, 0.1) is 5.92 Å². The van der Waals surface area contributed by atoms with E-state index in [2.05, 4.69) is 66.4 Å². The van der Waals surface area contributed by atoms with Crippen molar-refractivity contribution in [1.29, 1.82) is 0 Å². The van der Waals surface area contributed by atoms with Crippen molar-refractivity contribution in [2.75, 3.05) is 18.4 Å². The molecule has 0 unspecified atom stereocenters. The maximum Gasteiger partial charge on any atom is 0.222 e. The second-order valence-corrected chi connectivity index (χ2v) is 6.48. The largest absolute Gasteiger partial charge is 0.354 e. The van der Waals surface area contributed by atoms with Crippen LogP contribution in [0.4, 0.5) is 5.95 Å². The summed E-state index contributed by atoms with van der Waals surface area (Å²) in [7, 11) is 0. The van der Waals surface area contributed by atoms with Crippen molar-refractivity contribution in [3.05, 3.63) is 72.3 Å². The van der Waals surface area contributed by atoms with E-state index in [1.54, 1.807) is 12.4 Å². The van der Waals surface area contributed by atoms with Crippen molar-refractivity contribution in [3.63, 3.8) is 0 Å². The van der Waals surface area contributed by atoms with Gasteiger partial charge in [-0.1, -0.05) is 30.3 Å². The van der Waals surface area contributed by atoms with E-state index >= 15 is 0 Å². The van der Waals surface area contributed by atoms with E-state index in [-0.39, 0.29) is 0 Å². The van der Waals surface area contributed by atoms with Crippen molar-refractivity contribution in [1.82, 2.24) is 24.6 Å². The molecule has 0 bridgehead atoms. The Morgan fingerprint density at radius 2 is 1.80 bits per heavy atom. The number of aromatic nitrogens is 4. The quantitative estimate of drug-likeness (QED) is 0.776. The summed E-state index contributed by atoms with van der Waals surface area (Å²) in [6.45, 7) is 4.62. The minimum atomic E-state index is 0.439. The van der Waals surface area contributed by atoms with Gasteiger partial charge in [0.25, 0.3) is 0 Å². The summed E-state index contributed by atoms with van der Waals surface area (Å²) in [4.78, 5) is 11.0. The molecule has 0 fully saturated rings. The topological polar surface area (TPSA) is 58.9 Å². The number of nitrogens with zero attached hydrogens (tertiary/aromatic N) is 5. The van der Waals surface area contributed by atoms with Gasteiger partial charge in [0.05, 0.1) is 5.69 Å². The molecule has 1 aromatic carbocycles. The number of fused-ring (bicyclic) bond motifs is 1. The normalized spacial score (nSPS) is 17.7. The fourth-order valence-corrected chi connectivity index (χ4v) is 3.34. The number of hydrogen-bond acceptors (Lipinski definition) is 5. The zero-order valence-electron chi connectivity index (χ0n) is 14.1. The summed E-state index contributed by atoms with van der Waals surface area (Å²) < 4.78 is 2.13. The summed E-state index contributed by atoms with van der Waals surface area (Å²) in [6, 6.07) is 14.6. The molecule has 1 aliphatic rings. The van der Waals surface area contributed by atoms with Gasteiger partial charge in [0, 0.05) is 57.2 Å². The summed E-state index contributed by atoms with van der Waals surface area (Å²) >= 11 is 0. The maximum atomic E-state index is 4.49. The lowest BCUT2D eigenvalue weighted by molar-refractivity contribution is 0.225. The predicted molar refractivity (Wildman–Crippen MR) is 96.8 cm³/mol. The van der Waals surface area contributed by atoms with Crippen molar-refractivity contribution >= 4 is 5.95 Å². The lowest BCUT2D eigenvalue weighted by atomic mass is 10.1. The molecule has 1 atom stereocenters. The van der Waals surface area contributed by atoms with Crippen LogP contribution in [0.3, 0.4) is 0 Å². The summed E-state index contributed by atoms with van der Waals surface area (Å²) in [5.74, 6) is 1.12. The lowest BCUT2D eigenvalue weighted by Crippen LogP contribution is -2.31. The Morgan fingerprint density at radius 1 is 0.960 bits per heavy atom.